The minimum absolute atomic E-state index is 0.567. The van der Waals surface area contributed by atoms with Crippen LogP contribution in [0.15, 0.2) is 152 Å². The lowest BCUT2D eigenvalue weighted by molar-refractivity contribution is 1.18. The lowest BCUT2D eigenvalue weighted by atomic mass is 9.90. The lowest BCUT2D eigenvalue weighted by Gasteiger charge is -2.19. The molecule has 0 spiro atoms. The van der Waals surface area contributed by atoms with Gasteiger partial charge in [-0.3, -0.25) is 0 Å². The Balaban J connectivity index is 1.30. The van der Waals surface area contributed by atoms with Gasteiger partial charge in [0.25, 0.3) is 0 Å². The number of benzene rings is 7. The van der Waals surface area contributed by atoms with Gasteiger partial charge in [-0.05, 0) is 83.4 Å². The molecule has 50 heavy (non-hydrogen) atoms. The van der Waals surface area contributed by atoms with Gasteiger partial charge in [0, 0.05) is 32.8 Å². The molecule has 0 saturated heterocycles. The molecule has 2 heterocycles. The molecular weight excluding hydrogens is 611 g/mol. The van der Waals surface area contributed by atoms with E-state index in [1.807, 2.05) is 78.9 Å². The van der Waals surface area contributed by atoms with Crippen molar-refractivity contribution < 1.29 is 0 Å². The molecule has 0 aliphatic carbocycles. The van der Waals surface area contributed by atoms with E-state index in [4.69, 9.17) is 0 Å². The van der Waals surface area contributed by atoms with E-state index in [1.165, 1.54) is 0 Å². The number of aromatic nitrogens is 2. The van der Waals surface area contributed by atoms with Gasteiger partial charge in [-0.2, -0.15) is 15.8 Å². The summed E-state index contributed by atoms with van der Waals surface area (Å²) in [4.78, 5) is 0. The van der Waals surface area contributed by atoms with E-state index in [2.05, 4.69) is 100 Å². The number of nitriles is 3. The molecule has 9 aromatic rings. The molecule has 5 heteroatoms. The maximum Gasteiger partial charge on any atom is 0.0998 e. The smallest absolute Gasteiger partial charge is 0.0998 e. The van der Waals surface area contributed by atoms with Crippen molar-refractivity contribution in [2.45, 2.75) is 0 Å². The third-order valence-corrected chi connectivity index (χ3v) is 9.64. The van der Waals surface area contributed by atoms with Gasteiger partial charge in [0.2, 0.25) is 0 Å². The van der Waals surface area contributed by atoms with Crippen LogP contribution >= 0.6 is 0 Å². The first-order chi connectivity index (χ1) is 24.7. The van der Waals surface area contributed by atoms with E-state index in [9.17, 15) is 15.8 Å². The summed E-state index contributed by atoms with van der Waals surface area (Å²) in [5.74, 6) is 0. The average molecular weight is 636 g/mol. The number of rotatable bonds is 4. The van der Waals surface area contributed by atoms with Crippen LogP contribution in [0.5, 0.6) is 0 Å². The fourth-order valence-electron chi connectivity index (χ4n) is 7.56. The van der Waals surface area contributed by atoms with Gasteiger partial charge in [0.15, 0.2) is 0 Å². The normalized spacial score (nSPS) is 11.1. The largest absolute Gasteiger partial charge is 0.309 e. The van der Waals surface area contributed by atoms with Crippen molar-refractivity contribution in [1.29, 1.82) is 15.8 Å². The number of hydrogen-bond donors (Lipinski definition) is 0. The van der Waals surface area contributed by atoms with E-state index in [0.717, 1.165) is 77.2 Å². The van der Waals surface area contributed by atoms with E-state index < -0.39 is 0 Å². The molecule has 0 fully saturated rings. The highest BCUT2D eigenvalue weighted by atomic mass is 15.0. The first kappa shape index (κ1) is 28.8. The molecule has 9 rings (SSSR count). The second-order valence-corrected chi connectivity index (χ2v) is 12.3. The zero-order chi connectivity index (χ0) is 33.8. The quantitative estimate of drug-likeness (QED) is 0.193. The van der Waals surface area contributed by atoms with E-state index in [-0.39, 0.29) is 0 Å². The van der Waals surface area contributed by atoms with Gasteiger partial charge in [-0.1, -0.05) is 84.9 Å². The number of nitrogens with zero attached hydrogens (tertiary/aromatic N) is 5. The van der Waals surface area contributed by atoms with Gasteiger partial charge in [0.05, 0.1) is 62.7 Å². The fourth-order valence-corrected chi connectivity index (χ4v) is 7.56. The molecule has 0 N–H and O–H groups in total. The number of para-hydroxylation sites is 2. The highest BCUT2D eigenvalue weighted by Gasteiger charge is 2.21. The van der Waals surface area contributed by atoms with Crippen molar-refractivity contribution >= 4 is 43.6 Å². The van der Waals surface area contributed by atoms with Crippen LogP contribution in [0, 0.1) is 34.0 Å². The molecule has 0 aliphatic rings. The van der Waals surface area contributed by atoms with Crippen molar-refractivity contribution in [3.05, 3.63) is 168 Å². The third-order valence-electron chi connectivity index (χ3n) is 9.64. The van der Waals surface area contributed by atoms with Crippen molar-refractivity contribution in [2.75, 3.05) is 0 Å². The summed E-state index contributed by atoms with van der Waals surface area (Å²) < 4.78 is 4.43. The maximum absolute atomic E-state index is 10.5. The highest BCUT2D eigenvalue weighted by Crippen LogP contribution is 2.42. The summed E-state index contributed by atoms with van der Waals surface area (Å²) in [6, 6.07) is 57.8. The van der Waals surface area contributed by atoms with E-state index >= 15 is 0 Å². The fraction of sp³-hybridized carbons (Fsp3) is 0. The summed E-state index contributed by atoms with van der Waals surface area (Å²) in [5.41, 5.74) is 11.4. The van der Waals surface area contributed by atoms with Gasteiger partial charge in [-0.25, -0.2) is 0 Å². The van der Waals surface area contributed by atoms with E-state index in [1.54, 1.807) is 0 Å². The Labute approximate surface area is 287 Å². The number of hydrogen-bond acceptors (Lipinski definition) is 3. The summed E-state index contributed by atoms with van der Waals surface area (Å²) in [6.45, 7) is 0. The van der Waals surface area contributed by atoms with Crippen LogP contribution in [0.1, 0.15) is 16.7 Å². The molecule has 5 nitrogen and oxygen atoms in total. The van der Waals surface area contributed by atoms with Crippen molar-refractivity contribution in [3.63, 3.8) is 0 Å². The Hall–Kier alpha value is -7.39. The third kappa shape index (κ3) is 4.24. The molecular formula is C45H25N5. The lowest BCUT2D eigenvalue weighted by Crippen LogP contribution is -2.01. The summed E-state index contributed by atoms with van der Waals surface area (Å²) in [5, 5.41) is 34.2. The van der Waals surface area contributed by atoms with Crippen LogP contribution in [-0.4, -0.2) is 9.13 Å². The van der Waals surface area contributed by atoms with Crippen LogP contribution in [0.4, 0.5) is 0 Å². The Morgan fingerprint density at radius 1 is 0.420 bits per heavy atom. The molecule has 0 bridgehead atoms. The minimum atomic E-state index is 0.567. The zero-order valence-electron chi connectivity index (χ0n) is 26.7. The van der Waals surface area contributed by atoms with Crippen molar-refractivity contribution in [3.8, 4) is 51.8 Å². The van der Waals surface area contributed by atoms with Crippen LogP contribution in [0.3, 0.4) is 0 Å². The maximum atomic E-state index is 10.5. The second kappa shape index (κ2) is 11.4. The monoisotopic (exact) mass is 635 g/mol. The van der Waals surface area contributed by atoms with Crippen LogP contribution in [-0.2, 0) is 0 Å². The Kier molecular flexibility index (Phi) is 6.56. The molecule has 0 unspecified atom stereocenters. The van der Waals surface area contributed by atoms with Gasteiger partial charge in [-0.15, -0.1) is 0 Å². The molecule has 0 aliphatic heterocycles. The topological polar surface area (TPSA) is 81.2 Å². The molecule has 2 aromatic heterocycles. The molecule has 0 radical (unpaired) electrons. The minimum Gasteiger partial charge on any atom is -0.309 e. The van der Waals surface area contributed by atoms with Crippen LogP contribution < -0.4 is 0 Å². The standard InChI is InChI=1S/C45H25N5/c46-26-29-22-23-41-38(24-29)35-15-3-5-18-39(35)50(41)43-21-9-11-31(27-47)44(43)36-16-2-1-14-34(36)30-10-7-13-33(25-30)49-40-19-6-4-17-37(40)45-32(28-48)12-8-20-42(45)49/h1-25H. The summed E-state index contributed by atoms with van der Waals surface area (Å²) in [6.07, 6.45) is 0. The van der Waals surface area contributed by atoms with Gasteiger partial charge < -0.3 is 9.13 Å². The van der Waals surface area contributed by atoms with E-state index in [0.29, 0.717) is 16.7 Å². The van der Waals surface area contributed by atoms with Gasteiger partial charge in [0.1, 0.15) is 0 Å². The summed E-state index contributed by atoms with van der Waals surface area (Å²) >= 11 is 0. The summed E-state index contributed by atoms with van der Waals surface area (Å²) in [7, 11) is 0. The molecule has 7 aromatic carbocycles. The van der Waals surface area contributed by atoms with Crippen molar-refractivity contribution in [1.82, 2.24) is 9.13 Å². The second-order valence-electron chi connectivity index (χ2n) is 12.3. The Morgan fingerprint density at radius 3 is 1.86 bits per heavy atom. The number of fused-ring (bicyclic) bond motifs is 6. The molecule has 230 valence electrons. The SMILES string of the molecule is N#Cc1ccc2c(c1)c1ccccc1n2-c1cccc(C#N)c1-c1ccccc1-c1cccc(-n2c3ccccc3c3c(C#N)cccc32)c1. The zero-order valence-corrected chi connectivity index (χ0v) is 26.7. The van der Waals surface area contributed by atoms with Crippen LogP contribution in [0.2, 0.25) is 0 Å². The molecule has 0 atom stereocenters. The highest BCUT2D eigenvalue weighted by molar-refractivity contribution is 6.12. The average Bonchev–Trinajstić information content (AvgIpc) is 3.70. The van der Waals surface area contributed by atoms with Crippen molar-refractivity contribution in [2.24, 2.45) is 0 Å². The predicted octanol–water partition coefficient (Wildman–Crippen LogP) is 10.8. The van der Waals surface area contributed by atoms with Gasteiger partial charge >= 0.3 is 0 Å². The first-order valence-electron chi connectivity index (χ1n) is 16.3. The molecule has 0 amide bonds. The molecule has 0 saturated carbocycles. The Bertz CT molecular complexity index is 2970. The Morgan fingerprint density at radius 2 is 1.06 bits per heavy atom. The first-order valence-corrected chi connectivity index (χ1v) is 16.3. The van der Waals surface area contributed by atoms with Crippen LogP contribution in [0.25, 0.3) is 77.2 Å². The predicted molar refractivity (Wildman–Crippen MR) is 200 cm³/mol.